The molecule has 1 atom stereocenters. The van der Waals surface area contributed by atoms with E-state index in [4.69, 9.17) is 4.74 Å². The van der Waals surface area contributed by atoms with Crippen molar-refractivity contribution in [3.8, 4) is 0 Å². The molecule has 7 nitrogen and oxygen atoms in total. The Balaban J connectivity index is 1.33. The molecular weight excluding hydrogens is 346 g/mol. The van der Waals surface area contributed by atoms with Crippen LogP contribution in [0.25, 0.3) is 0 Å². The Labute approximate surface area is 158 Å². The van der Waals surface area contributed by atoms with Gasteiger partial charge in [-0.1, -0.05) is 18.2 Å². The predicted molar refractivity (Wildman–Crippen MR) is 98.2 cm³/mol. The summed E-state index contributed by atoms with van der Waals surface area (Å²) >= 11 is 0. The first-order valence-corrected chi connectivity index (χ1v) is 9.61. The van der Waals surface area contributed by atoms with Crippen LogP contribution in [0.5, 0.6) is 0 Å². The number of fused-ring (bicyclic) bond motifs is 1. The minimum absolute atomic E-state index is 0.0158. The standard InChI is InChI=1S/C20H25N3O4/c1-14-4-2-3-5-17(14)19(25)21-8-6-15(7-9-21)18(24)22-10-11-23-16(12-22)13-27-20(23)26/h2-5,15-16H,6-13H2,1H3/t16-/m0/s1. The number of carbonyl (C=O) groups excluding carboxylic acids is 3. The molecule has 0 saturated carbocycles. The van der Waals surface area contributed by atoms with E-state index < -0.39 is 0 Å². The van der Waals surface area contributed by atoms with Gasteiger partial charge in [-0.25, -0.2) is 4.79 Å². The Kier molecular flexibility index (Phi) is 4.76. The number of rotatable bonds is 2. The highest BCUT2D eigenvalue weighted by atomic mass is 16.6. The quantitative estimate of drug-likeness (QED) is 0.790. The maximum absolute atomic E-state index is 12.9. The Morgan fingerprint density at radius 3 is 2.52 bits per heavy atom. The van der Waals surface area contributed by atoms with Crippen molar-refractivity contribution in [2.75, 3.05) is 39.3 Å². The van der Waals surface area contributed by atoms with E-state index in [1.807, 2.05) is 41.0 Å². The molecule has 0 radical (unpaired) electrons. The van der Waals surface area contributed by atoms with Crippen molar-refractivity contribution < 1.29 is 19.1 Å². The van der Waals surface area contributed by atoms with Crippen molar-refractivity contribution in [1.29, 1.82) is 0 Å². The molecule has 3 saturated heterocycles. The molecule has 3 aliphatic heterocycles. The van der Waals surface area contributed by atoms with Crippen LogP contribution in [0.2, 0.25) is 0 Å². The molecule has 1 aromatic rings. The number of benzene rings is 1. The van der Waals surface area contributed by atoms with Crippen LogP contribution in [0.3, 0.4) is 0 Å². The number of carbonyl (C=O) groups is 3. The summed E-state index contributed by atoms with van der Waals surface area (Å²) in [5.41, 5.74) is 1.72. The number of nitrogens with zero attached hydrogens (tertiary/aromatic N) is 3. The van der Waals surface area contributed by atoms with E-state index >= 15 is 0 Å². The number of likely N-dealkylation sites (tertiary alicyclic amines) is 1. The highest BCUT2D eigenvalue weighted by molar-refractivity contribution is 5.95. The topological polar surface area (TPSA) is 70.2 Å². The highest BCUT2D eigenvalue weighted by Crippen LogP contribution is 2.25. The normalized spacial score (nSPS) is 23.2. The van der Waals surface area contributed by atoms with Gasteiger partial charge in [0.05, 0.1) is 6.04 Å². The first-order valence-electron chi connectivity index (χ1n) is 9.61. The second-order valence-corrected chi connectivity index (χ2v) is 7.59. The lowest BCUT2D eigenvalue weighted by molar-refractivity contribution is -0.139. The van der Waals surface area contributed by atoms with E-state index in [1.165, 1.54) is 0 Å². The second-order valence-electron chi connectivity index (χ2n) is 7.59. The number of cyclic esters (lactones) is 1. The Morgan fingerprint density at radius 2 is 1.78 bits per heavy atom. The summed E-state index contributed by atoms with van der Waals surface area (Å²) in [4.78, 5) is 42.7. The summed E-state index contributed by atoms with van der Waals surface area (Å²) < 4.78 is 5.07. The van der Waals surface area contributed by atoms with E-state index in [1.54, 1.807) is 4.90 Å². The number of amides is 3. The van der Waals surface area contributed by atoms with E-state index in [-0.39, 0.29) is 29.9 Å². The van der Waals surface area contributed by atoms with Crippen LogP contribution in [-0.4, -0.2) is 78.0 Å². The molecule has 3 amide bonds. The Hall–Kier alpha value is -2.57. The summed E-state index contributed by atoms with van der Waals surface area (Å²) in [5, 5.41) is 0. The summed E-state index contributed by atoms with van der Waals surface area (Å²) in [6.45, 7) is 5.18. The lowest BCUT2D eigenvalue weighted by Crippen LogP contribution is -2.55. The van der Waals surface area contributed by atoms with Crippen LogP contribution in [0, 0.1) is 12.8 Å². The fourth-order valence-electron chi connectivity index (χ4n) is 4.26. The van der Waals surface area contributed by atoms with Crippen molar-refractivity contribution in [3.05, 3.63) is 35.4 Å². The van der Waals surface area contributed by atoms with Gasteiger partial charge in [0.25, 0.3) is 5.91 Å². The van der Waals surface area contributed by atoms with Crippen molar-refractivity contribution >= 4 is 17.9 Å². The average molecular weight is 371 g/mol. The minimum Gasteiger partial charge on any atom is -0.447 e. The number of piperidine rings is 1. The third kappa shape index (κ3) is 3.38. The van der Waals surface area contributed by atoms with Crippen LogP contribution in [-0.2, 0) is 9.53 Å². The first-order chi connectivity index (χ1) is 13.0. The van der Waals surface area contributed by atoms with Crippen molar-refractivity contribution in [1.82, 2.24) is 14.7 Å². The molecule has 0 aliphatic carbocycles. The van der Waals surface area contributed by atoms with Crippen LogP contribution in [0.1, 0.15) is 28.8 Å². The largest absolute Gasteiger partial charge is 0.447 e. The molecule has 27 heavy (non-hydrogen) atoms. The minimum atomic E-state index is -0.268. The van der Waals surface area contributed by atoms with Gasteiger partial charge in [0.2, 0.25) is 5.91 Å². The zero-order valence-corrected chi connectivity index (χ0v) is 15.6. The SMILES string of the molecule is Cc1ccccc1C(=O)N1CCC(C(=O)N2CCN3C(=O)OC[C@@H]3C2)CC1. The lowest BCUT2D eigenvalue weighted by atomic mass is 9.94. The molecule has 3 fully saturated rings. The Morgan fingerprint density at radius 1 is 1.04 bits per heavy atom. The molecular formula is C20H25N3O4. The molecule has 144 valence electrons. The zero-order chi connectivity index (χ0) is 19.0. The average Bonchev–Trinajstić information content (AvgIpc) is 3.08. The molecule has 0 aromatic heterocycles. The van der Waals surface area contributed by atoms with Gasteiger partial charge < -0.3 is 14.5 Å². The zero-order valence-electron chi connectivity index (χ0n) is 15.6. The maximum Gasteiger partial charge on any atom is 0.410 e. The van der Waals surface area contributed by atoms with Crippen LogP contribution < -0.4 is 0 Å². The summed E-state index contributed by atoms with van der Waals surface area (Å²) in [5.74, 6) is 0.154. The van der Waals surface area contributed by atoms with Crippen LogP contribution >= 0.6 is 0 Å². The maximum atomic E-state index is 12.9. The van der Waals surface area contributed by atoms with Gasteiger partial charge in [0, 0.05) is 44.2 Å². The van der Waals surface area contributed by atoms with E-state index in [2.05, 4.69) is 0 Å². The molecule has 3 aliphatic rings. The molecule has 0 bridgehead atoms. The lowest BCUT2D eigenvalue weighted by Gasteiger charge is -2.39. The number of ether oxygens (including phenoxy) is 1. The first kappa shape index (κ1) is 17.8. The van der Waals surface area contributed by atoms with Gasteiger partial charge in [-0.2, -0.15) is 0 Å². The van der Waals surface area contributed by atoms with Gasteiger partial charge in [-0.05, 0) is 31.4 Å². The van der Waals surface area contributed by atoms with Crippen molar-refractivity contribution in [2.24, 2.45) is 5.92 Å². The molecule has 3 heterocycles. The summed E-state index contributed by atoms with van der Waals surface area (Å²) in [7, 11) is 0. The number of aryl methyl sites for hydroxylation is 1. The molecule has 0 unspecified atom stereocenters. The summed E-state index contributed by atoms with van der Waals surface area (Å²) in [6, 6.07) is 7.60. The Bertz CT molecular complexity index is 757. The van der Waals surface area contributed by atoms with Gasteiger partial charge in [0.1, 0.15) is 6.61 Å². The smallest absolute Gasteiger partial charge is 0.410 e. The second kappa shape index (κ2) is 7.21. The predicted octanol–water partition coefficient (Wildman–Crippen LogP) is 1.51. The fraction of sp³-hybridized carbons (Fsp3) is 0.550. The fourth-order valence-corrected chi connectivity index (χ4v) is 4.26. The monoisotopic (exact) mass is 371 g/mol. The number of hydrogen-bond acceptors (Lipinski definition) is 4. The van der Waals surface area contributed by atoms with Crippen molar-refractivity contribution in [3.63, 3.8) is 0 Å². The number of hydrogen-bond donors (Lipinski definition) is 0. The molecule has 0 N–H and O–H groups in total. The molecule has 4 rings (SSSR count). The van der Waals surface area contributed by atoms with Gasteiger partial charge in [-0.15, -0.1) is 0 Å². The highest BCUT2D eigenvalue weighted by Gasteiger charge is 2.40. The number of piperazine rings is 1. The van der Waals surface area contributed by atoms with E-state index in [0.717, 1.165) is 11.1 Å². The van der Waals surface area contributed by atoms with Crippen LogP contribution in [0.4, 0.5) is 4.79 Å². The molecule has 0 spiro atoms. The van der Waals surface area contributed by atoms with Gasteiger partial charge in [-0.3, -0.25) is 14.5 Å². The van der Waals surface area contributed by atoms with E-state index in [9.17, 15) is 14.4 Å². The third-order valence-corrected chi connectivity index (χ3v) is 5.93. The van der Waals surface area contributed by atoms with E-state index in [0.29, 0.717) is 52.2 Å². The molecule has 1 aromatic carbocycles. The van der Waals surface area contributed by atoms with Gasteiger partial charge >= 0.3 is 6.09 Å². The van der Waals surface area contributed by atoms with Crippen molar-refractivity contribution in [2.45, 2.75) is 25.8 Å². The van der Waals surface area contributed by atoms with Gasteiger partial charge in [0.15, 0.2) is 0 Å². The van der Waals surface area contributed by atoms with Crippen LogP contribution in [0.15, 0.2) is 24.3 Å². The molecule has 7 heteroatoms. The third-order valence-electron chi connectivity index (χ3n) is 5.93. The summed E-state index contributed by atoms with van der Waals surface area (Å²) in [6.07, 6.45) is 1.11.